The van der Waals surface area contributed by atoms with Gasteiger partial charge in [0.15, 0.2) is 0 Å². The van der Waals surface area contributed by atoms with E-state index in [0.717, 1.165) is 203 Å². The van der Waals surface area contributed by atoms with Crippen LogP contribution in [-0.4, -0.2) is 82.3 Å². The fraction of sp³-hybridized carbons (Fsp3) is 0.633. The number of allylic oxidation sites excluding steroid dienone is 7. The molecule has 5 aromatic rings. The van der Waals surface area contributed by atoms with Gasteiger partial charge in [0.2, 0.25) is 0 Å². The van der Waals surface area contributed by atoms with Crippen LogP contribution in [-0.2, 0) is 32.1 Å². The van der Waals surface area contributed by atoms with Crippen LogP contribution in [0.1, 0.15) is 394 Å². The first-order valence-electron chi connectivity index (χ1n) is 47.2. The third kappa shape index (κ3) is 33.0. The molecular formula is C109H175BO12. The number of aliphatic hydroxyl groups is 2. The fourth-order valence-corrected chi connectivity index (χ4v) is 19.7. The van der Waals surface area contributed by atoms with Gasteiger partial charge in [-0.05, 0) is 314 Å². The minimum atomic E-state index is -0.0365. The second-order valence-corrected chi connectivity index (χ2v) is 37.4. The normalized spacial score (nSPS) is 21.2. The number of aromatic hydroxyl groups is 10. The fourth-order valence-electron chi connectivity index (χ4n) is 19.7. The molecule has 5 aromatic carbocycles. The number of phenolic OH excluding ortho intramolecular Hbond substituents is 10. The van der Waals surface area contributed by atoms with Crippen molar-refractivity contribution in [3.05, 3.63) is 175 Å². The first kappa shape index (κ1) is 109. The highest BCUT2D eigenvalue weighted by atomic mass is 16.3. The van der Waals surface area contributed by atoms with Gasteiger partial charge in [-0.3, -0.25) is 0 Å². The van der Waals surface area contributed by atoms with E-state index in [1.165, 1.54) is 62.5 Å². The largest absolute Gasteiger partial charge is 0.508 e. The quantitative estimate of drug-likeness (QED) is 0.0109. The molecule has 5 aliphatic carbocycles. The van der Waals surface area contributed by atoms with E-state index in [9.17, 15) is 61.3 Å². The Morgan fingerprint density at radius 2 is 0.615 bits per heavy atom. The van der Waals surface area contributed by atoms with Crippen molar-refractivity contribution in [2.45, 2.75) is 375 Å². The summed E-state index contributed by atoms with van der Waals surface area (Å²) in [4.78, 5) is 0. The van der Waals surface area contributed by atoms with Gasteiger partial charge in [-0.25, -0.2) is 0 Å². The Bertz CT molecular complexity index is 3810. The Hall–Kier alpha value is -7.22. The molecule has 2 radical (unpaired) electrons. The standard InChI is InChI=1S/2C21H32O3.C21H34O2.C21H32O2.C21H30O2.CH3B.3CH4/c2*1-4-5-6-7-15-11-19(23)21(20(24)12-15)18-10-16(13-22)8-9-17(18)14(2)3;3*1-5-6-7-8-16-12-19(22)21(20(23)13-16)18-11-15(4)9-10-17(18)14(2)3;1-2;;;/h2*10-12,14,17-18,22-24H,4-9,13H2,1-3H3;12-15,17-18,22-23H,5-11H2,1-4H3;11-14,17-18,22-23H,5-10H2,1-4H3;11-13,17-18,22-23H,2,5-10H2,1,3-4H3;1H3;3*1H4/t17?,18-;17-,18+;15?,17-,18+;17-,18+;17?,18-;;;;/m00000..../s1/i;;;;;1D;;;. The third-order valence-corrected chi connectivity index (χ3v) is 26.6. The topological polar surface area (TPSA) is 243 Å². The Balaban J connectivity index is 0.000000513. The first-order chi connectivity index (χ1) is 57.2. The van der Waals surface area contributed by atoms with Crippen molar-refractivity contribution in [2.75, 3.05) is 13.2 Å². The van der Waals surface area contributed by atoms with Crippen molar-refractivity contribution in [2.24, 2.45) is 59.2 Å². The highest BCUT2D eigenvalue weighted by Crippen LogP contribution is 2.54. The summed E-state index contributed by atoms with van der Waals surface area (Å²) in [7, 11) is 4.51. The van der Waals surface area contributed by atoms with Gasteiger partial charge in [0.25, 0.3) is 0 Å². The summed E-state index contributed by atoms with van der Waals surface area (Å²) in [5, 5.41) is 125. The summed E-state index contributed by atoms with van der Waals surface area (Å²) in [6.45, 7) is 41.4. The highest BCUT2D eigenvalue weighted by molar-refractivity contribution is 6.05. The average molecular weight is 1690 g/mol. The molecule has 0 heterocycles. The van der Waals surface area contributed by atoms with Crippen molar-refractivity contribution in [1.82, 2.24) is 0 Å². The molecule has 0 bridgehead atoms. The molecule has 11 atom stereocenters. The lowest BCUT2D eigenvalue weighted by atomic mass is 9.67. The van der Waals surface area contributed by atoms with Crippen molar-refractivity contribution in [3.63, 3.8) is 0 Å². The molecule has 0 aromatic heterocycles. The molecule has 0 spiro atoms. The van der Waals surface area contributed by atoms with Crippen LogP contribution < -0.4 is 0 Å². The lowest BCUT2D eigenvalue weighted by Gasteiger charge is -2.38. The smallest absolute Gasteiger partial charge is 0.123 e. The molecule has 13 heteroatoms. The van der Waals surface area contributed by atoms with Crippen LogP contribution in [0.2, 0.25) is 6.80 Å². The summed E-state index contributed by atoms with van der Waals surface area (Å²) >= 11 is 0. The van der Waals surface area contributed by atoms with E-state index in [1.807, 2.05) is 67.6 Å². The summed E-state index contributed by atoms with van der Waals surface area (Å²) in [5.74, 6) is 7.39. The molecule has 0 amide bonds. The second kappa shape index (κ2) is 56.7. The van der Waals surface area contributed by atoms with Gasteiger partial charge in [-0.2, -0.15) is 0 Å². The minimum Gasteiger partial charge on any atom is -0.508 e. The zero-order chi connectivity index (χ0) is 89.0. The van der Waals surface area contributed by atoms with Crippen LogP contribution in [0, 0.1) is 59.2 Å². The van der Waals surface area contributed by atoms with Crippen molar-refractivity contribution in [3.8, 4) is 57.5 Å². The molecule has 3 unspecified atom stereocenters. The summed E-state index contributed by atoms with van der Waals surface area (Å²) in [5.41, 5.74) is 14.3. The van der Waals surface area contributed by atoms with E-state index in [2.05, 4.69) is 150 Å². The number of phenols is 10. The molecule has 1 fully saturated rings. The predicted octanol–water partition coefficient (Wildman–Crippen LogP) is 29.7. The van der Waals surface area contributed by atoms with Crippen LogP contribution in [0.15, 0.2) is 119 Å². The molecule has 12 N–H and O–H groups in total. The van der Waals surface area contributed by atoms with E-state index in [-0.39, 0.29) is 124 Å². The summed E-state index contributed by atoms with van der Waals surface area (Å²) in [6, 6.07) is 18.4. The maximum Gasteiger partial charge on any atom is 0.123 e. The summed E-state index contributed by atoms with van der Waals surface area (Å²) in [6.07, 6.45) is 41.8. The van der Waals surface area contributed by atoms with Crippen LogP contribution in [0.5, 0.6) is 57.5 Å². The monoisotopic (exact) mass is 1690 g/mol. The molecule has 0 aliphatic heterocycles. The van der Waals surface area contributed by atoms with E-state index >= 15 is 0 Å². The van der Waals surface area contributed by atoms with Crippen LogP contribution in [0.4, 0.5) is 0 Å². The number of hydrogen-bond donors (Lipinski definition) is 12. The molecule has 122 heavy (non-hydrogen) atoms. The number of unbranched alkanes of at least 4 members (excludes halogenated alkanes) is 10. The Labute approximate surface area is 746 Å². The van der Waals surface area contributed by atoms with E-state index in [4.69, 9.17) is 1.37 Å². The van der Waals surface area contributed by atoms with Gasteiger partial charge in [0.1, 0.15) is 57.5 Å². The predicted molar refractivity (Wildman–Crippen MR) is 520 cm³/mol. The van der Waals surface area contributed by atoms with E-state index < -0.39 is 0 Å². The van der Waals surface area contributed by atoms with Crippen LogP contribution >= 0.6 is 0 Å². The van der Waals surface area contributed by atoms with Gasteiger partial charge in [0, 0.05) is 52.9 Å². The maximum atomic E-state index is 10.6. The van der Waals surface area contributed by atoms with Crippen molar-refractivity contribution < 1.29 is 62.6 Å². The lowest BCUT2D eigenvalue weighted by molar-refractivity contribution is 0.192. The molecular weight excluding hydrogens is 1510 g/mol. The third-order valence-electron chi connectivity index (χ3n) is 26.6. The van der Waals surface area contributed by atoms with Gasteiger partial charge < -0.3 is 61.3 Å². The Morgan fingerprint density at radius 3 is 0.877 bits per heavy atom. The van der Waals surface area contributed by atoms with Gasteiger partial charge in [0.05, 0.1) is 21.1 Å². The average Bonchev–Trinajstić information content (AvgIpc) is 0.699. The lowest BCUT2D eigenvalue weighted by Crippen LogP contribution is -2.26. The first-order valence-corrected chi connectivity index (χ1v) is 46.5. The highest BCUT2D eigenvalue weighted by Gasteiger charge is 2.38. The molecule has 5 aliphatic rings. The zero-order valence-corrected chi connectivity index (χ0v) is 76.9. The minimum absolute atomic E-state index is 0. The summed E-state index contributed by atoms with van der Waals surface area (Å²) < 4.78 is 5.99. The zero-order valence-electron chi connectivity index (χ0n) is 77.9. The van der Waals surface area contributed by atoms with E-state index in [1.54, 1.807) is 0 Å². The number of aliphatic hydroxyl groups excluding tert-OH is 2. The SMILES string of the molecule is C.C.C.C=C(C)C1CCC(C)=C[C@@H]1c1c(O)cc(CCCCC)cc1O.CCCCCc1cc(O)c([C@@H]2C=C(C)CC[C@H]2C(C)C)c(O)c1.CCCCCc1cc(O)c([C@@H]2C=C(CO)CC[C@H]2C(C)C)c(O)c1.CCCCCc1cc(O)c([C@@H]2CC(C)CC[C@H]2C(C)C)c(O)c1.CCCCCc1cc(O)c([C@H]2C=C(CO)CCC2C(C)C)c(O)c1.[2H]C[B]. The van der Waals surface area contributed by atoms with Crippen molar-refractivity contribution in [1.29, 1.82) is 0 Å². The van der Waals surface area contributed by atoms with Crippen LogP contribution in [0.25, 0.3) is 0 Å². The molecule has 686 valence electrons. The number of hydrogen-bond acceptors (Lipinski definition) is 12. The van der Waals surface area contributed by atoms with E-state index in [0.29, 0.717) is 81.5 Å². The maximum absolute atomic E-state index is 10.6. The van der Waals surface area contributed by atoms with Gasteiger partial charge in [-0.15, -0.1) is 0 Å². The van der Waals surface area contributed by atoms with Crippen molar-refractivity contribution >= 4 is 7.85 Å². The van der Waals surface area contributed by atoms with Gasteiger partial charge in [-0.1, -0.05) is 244 Å². The van der Waals surface area contributed by atoms with Crippen LogP contribution in [0.3, 0.4) is 0 Å². The molecule has 12 nitrogen and oxygen atoms in total. The Morgan fingerprint density at radius 1 is 0.369 bits per heavy atom. The van der Waals surface area contributed by atoms with Gasteiger partial charge >= 0.3 is 0 Å². The molecule has 0 saturated heterocycles. The molecule has 10 rings (SSSR count). The Kier molecular flexibility index (Phi) is 50.6. The second-order valence-electron chi connectivity index (χ2n) is 37.4. The number of benzene rings is 5. The molecule has 1 saturated carbocycles. The number of aryl methyl sites for hydroxylation is 5. The number of rotatable bonds is 32.